The Balaban J connectivity index is 2.57. The van der Waals surface area contributed by atoms with Crippen LogP contribution in [0.4, 0.5) is 13.2 Å². The van der Waals surface area contributed by atoms with Crippen molar-refractivity contribution >= 4 is 17.8 Å². The Hall–Kier alpha value is -2.46. The number of carbonyl (C=O) groups excluding carboxylic acids is 2. The maximum Gasteiger partial charge on any atom is 0.394 e. The summed E-state index contributed by atoms with van der Waals surface area (Å²) in [6.07, 6.45) is -3.46. The Morgan fingerprint density at radius 2 is 1.77 bits per heavy atom. The van der Waals surface area contributed by atoms with Crippen LogP contribution in [0, 0.1) is 35.5 Å². The quantitative estimate of drug-likeness (QED) is 0.348. The van der Waals surface area contributed by atoms with Crippen LogP contribution in [0.25, 0.3) is 6.08 Å². The van der Waals surface area contributed by atoms with Gasteiger partial charge in [0.25, 0.3) is 0 Å². The van der Waals surface area contributed by atoms with Gasteiger partial charge >= 0.3 is 12.1 Å². The second kappa shape index (κ2) is 12.4. The first-order valence-electron chi connectivity index (χ1n) is 13.2. The number of allylic oxidation sites excluding steroid dienone is 1. The molecule has 0 aliphatic carbocycles. The predicted molar refractivity (Wildman–Crippen MR) is 140 cm³/mol. The second-order valence-electron chi connectivity index (χ2n) is 11.8. The third-order valence-electron chi connectivity index (χ3n) is 8.37. The average molecular weight is 558 g/mol. The molecule has 1 aliphatic rings. The Bertz CT molecular complexity index is 1080. The highest BCUT2D eigenvalue weighted by Crippen LogP contribution is 2.49. The number of hydrogen-bond donors (Lipinski definition) is 2. The van der Waals surface area contributed by atoms with Crippen molar-refractivity contribution in [3.8, 4) is 0 Å². The first-order chi connectivity index (χ1) is 17.8. The van der Waals surface area contributed by atoms with E-state index in [9.17, 15) is 33.0 Å². The van der Waals surface area contributed by atoms with Crippen LogP contribution >= 0.6 is 0 Å². The van der Waals surface area contributed by atoms with Crippen LogP contribution in [0.1, 0.15) is 79.3 Å². The van der Waals surface area contributed by atoms with E-state index in [1.54, 1.807) is 26.8 Å². The molecule has 220 valence electrons. The minimum Gasteiger partial charge on any atom is -0.458 e. The van der Waals surface area contributed by atoms with Gasteiger partial charge in [0.15, 0.2) is 5.89 Å². The van der Waals surface area contributed by atoms with E-state index >= 15 is 0 Å². The lowest BCUT2D eigenvalue weighted by molar-refractivity contribution is -0.236. The van der Waals surface area contributed by atoms with Crippen molar-refractivity contribution in [1.82, 2.24) is 4.98 Å². The van der Waals surface area contributed by atoms with Crippen LogP contribution in [-0.2, 0) is 14.3 Å². The Labute approximate surface area is 228 Å². The maximum absolute atomic E-state index is 14.4. The Morgan fingerprint density at radius 3 is 2.31 bits per heavy atom. The summed E-state index contributed by atoms with van der Waals surface area (Å²) >= 11 is 0. The zero-order valence-electron chi connectivity index (χ0n) is 24.0. The van der Waals surface area contributed by atoms with Crippen LogP contribution in [0.5, 0.6) is 0 Å². The summed E-state index contributed by atoms with van der Waals surface area (Å²) in [7, 11) is 0. The molecule has 7 nitrogen and oxygen atoms in total. The largest absolute Gasteiger partial charge is 0.458 e. The summed E-state index contributed by atoms with van der Waals surface area (Å²) in [4.78, 5) is 30.4. The van der Waals surface area contributed by atoms with Gasteiger partial charge in [0.05, 0.1) is 29.5 Å². The number of nitrogens with zero attached hydrogens (tertiary/aromatic N) is 1. The maximum atomic E-state index is 14.4. The number of oxazole rings is 1. The van der Waals surface area contributed by atoms with Gasteiger partial charge in [-0.1, -0.05) is 53.7 Å². The fourth-order valence-electron chi connectivity index (χ4n) is 4.90. The number of ether oxygens (including phenoxy) is 1. The molecule has 1 aliphatic heterocycles. The van der Waals surface area contributed by atoms with Crippen molar-refractivity contribution in [1.29, 1.82) is 0 Å². The van der Waals surface area contributed by atoms with Gasteiger partial charge in [0.1, 0.15) is 23.8 Å². The second-order valence-corrected chi connectivity index (χ2v) is 11.8. The summed E-state index contributed by atoms with van der Waals surface area (Å²) in [5, 5.41) is 21.6. The lowest BCUT2D eigenvalue weighted by Gasteiger charge is -2.39. The number of ketones is 1. The third kappa shape index (κ3) is 7.60. The number of hydrogen-bond acceptors (Lipinski definition) is 7. The van der Waals surface area contributed by atoms with Gasteiger partial charge in [0, 0.05) is 18.8 Å². The number of aryl methyl sites for hydroxylation is 1. The topological polar surface area (TPSA) is 110 Å². The highest BCUT2D eigenvalue weighted by Gasteiger charge is 2.54. The van der Waals surface area contributed by atoms with Crippen molar-refractivity contribution in [2.75, 3.05) is 0 Å². The van der Waals surface area contributed by atoms with Crippen molar-refractivity contribution in [3.05, 3.63) is 35.6 Å². The van der Waals surface area contributed by atoms with Crippen molar-refractivity contribution in [2.24, 2.45) is 28.6 Å². The highest BCUT2D eigenvalue weighted by molar-refractivity contribution is 5.88. The molecule has 2 heterocycles. The molecule has 7 atom stereocenters. The fraction of sp³-hybridized carbons (Fsp3) is 0.690. The lowest BCUT2D eigenvalue weighted by atomic mass is 9.71. The number of aromatic nitrogens is 1. The molecule has 0 aromatic carbocycles. The van der Waals surface area contributed by atoms with Crippen LogP contribution in [-0.4, -0.2) is 51.4 Å². The smallest absolute Gasteiger partial charge is 0.394 e. The van der Waals surface area contributed by atoms with E-state index in [2.05, 4.69) is 4.98 Å². The van der Waals surface area contributed by atoms with E-state index in [0.29, 0.717) is 17.2 Å². The SMILES string of the molecule is C/C(=C\c1coc(C)n1)[C@@H]1CC(C)C(C)(C(F)(F)F)C/C=C/[C@H](C)[C@H](O)[C@@H](C)C(=O)C(C)(C)[C@@H](O)CC(=O)O1. The molecule has 1 aromatic heterocycles. The zero-order valence-corrected chi connectivity index (χ0v) is 24.0. The molecule has 10 heteroatoms. The fourth-order valence-corrected chi connectivity index (χ4v) is 4.90. The summed E-state index contributed by atoms with van der Waals surface area (Å²) in [6.45, 7) is 12.0. The molecule has 2 rings (SSSR count). The average Bonchev–Trinajstić information content (AvgIpc) is 3.24. The molecule has 0 saturated heterocycles. The van der Waals surface area contributed by atoms with Gasteiger partial charge in [-0.25, -0.2) is 4.98 Å². The number of aliphatic hydroxyl groups is 2. The van der Waals surface area contributed by atoms with E-state index in [1.165, 1.54) is 46.1 Å². The lowest BCUT2D eigenvalue weighted by Crippen LogP contribution is -2.46. The van der Waals surface area contributed by atoms with Crippen LogP contribution in [0.2, 0.25) is 0 Å². The number of aliphatic hydroxyl groups excluding tert-OH is 2. The minimum absolute atomic E-state index is 0.150. The van der Waals surface area contributed by atoms with Crippen molar-refractivity contribution in [2.45, 2.75) is 99.1 Å². The van der Waals surface area contributed by atoms with E-state index in [0.717, 1.165) is 6.92 Å². The summed E-state index contributed by atoms with van der Waals surface area (Å²) in [5.74, 6) is -3.46. The number of esters is 1. The molecule has 0 bridgehead atoms. The van der Waals surface area contributed by atoms with E-state index < -0.39 is 71.2 Å². The minimum atomic E-state index is -4.58. The van der Waals surface area contributed by atoms with E-state index in [-0.39, 0.29) is 12.8 Å². The van der Waals surface area contributed by atoms with Crippen molar-refractivity contribution < 1.29 is 42.1 Å². The number of rotatable bonds is 2. The predicted octanol–water partition coefficient (Wildman–Crippen LogP) is 5.83. The van der Waals surface area contributed by atoms with E-state index in [1.807, 2.05) is 0 Å². The summed E-state index contributed by atoms with van der Waals surface area (Å²) in [6, 6.07) is 0. The molecule has 0 spiro atoms. The highest BCUT2D eigenvalue weighted by atomic mass is 19.4. The van der Waals surface area contributed by atoms with Gasteiger partial charge in [-0.3, -0.25) is 9.59 Å². The molecule has 0 fully saturated rings. The summed E-state index contributed by atoms with van der Waals surface area (Å²) in [5.41, 5.74) is -2.68. The molecular weight excluding hydrogens is 515 g/mol. The van der Waals surface area contributed by atoms with Gasteiger partial charge in [-0.15, -0.1) is 0 Å². The monoisotopic (exact) mass is 557 g/mol. The molecule has 0 amide bonds. The molecule has 39 heavy (non-hydrogen) atoms. The molecule has 2 unspecified atom stereocenters. The standard InChI is InChI=1S/C29H42F3NO6/c1-16-10-9-11-28(8,29(30,31)32)18(3)13-22(17(2)12-21-15-38-20(5)33-21)39-24(35)14-23(34)27(6,7)26(37)19(4)25(16)36/h9-10,12,15-16,18-19,22-23,25,34,36H,11,13-14H2,1-8H3/b10-9+,17-12+/t16-,18?,19+,22-,23-,25-,28?/m0/s1. The van der Waals surface area contributed by atoms with Gasteiger partial charge < -0.3 is 19.4 Å². The zero-order chi connectivity index (χ0) is 29.9. The van der Waals surface area contributed by atoms with E-state index in [4.69, 9.17) is 9.15 Å². The Morgan fingerprint density at radius 1 is 1.15 bits per heavy atom. The first kappa shape index (κ1) is 32.8. The Kier molecular flexibility index (Phi) is 10.4. The van der Waals surface area contributed by atoms with Gasteiger partial charge in [-0.2, -0.15) is 13.2 Å². The summed E-state index contributed by atoms with van der Waals surface area (Å²) < 4.78 is 54.2. The van der Waals surface area contributed by atoms with Gasteiger partial charge in [0.2, 0.25) is 0 Å². The number of carbonyl (C=O) groups is 2. The van der Waals surface area contributed by atoms with Gasteiger partial charge in [-0.05, 0) is 37.3 Å². The number of alkyl halides is 3. The van der Waals surface area contributed by atoms with Crippen LogP contribution in [0.3, 0.4) is 0 Å². The number of halogens is 3. The number of Topliss-reactive ketones (excluding diaryl/α,β-unsaturated/α-hetero) is 1. The van der Waals surface area contributed by atoms with Crippen molar-refractivity contribution in [3.63, 3.8) is 0 Å². The molecule has 2 N–H and O–H groups in total. The van der Waals surface area contributed by atoms with Crippen LogP contribution in [0.15, 0.2) is 28.4 Å². The molecule has 0 saturated carbocycles. The first-order valence-corrected chi connectivity index (χ1v) is 13.2. The molecule has 1 aromatic rings. The normalized spacial score (nSPS) is 34.9. The molecule has 0 radical (unpaired) electrons. The third-order valence-corrected chi connectivity index (χ3v) is 8.37. The molecular formula is C29H42F3NO6. The van der Waals surface area contributed by atoms with Crippen LogP contribution < -0.4 is 0 Å². The number of cyclic esters (lactones) is 1.